The maximum absolute atomic E-state index is 5.56. The average Bonchev–Trinajstić information content (AvgIpc) is 2.34. The van der Waals surface area contributed by atoms with Crippen molar-refractivity contribution in [2.45, 2.75) is 25.7 Å². The van der Waals surface area contributed by atoms with Gasteiger partial charge in [-0.05, 0) is 6.42 Å². The molecule has 0 aliphatic carbocycles. The molecular weight excluding hydrogens is 156 g/mol. The highest BCUT2D eigenvalue weighted by molar-refractivity contribution is 4.81. The second-order valence-electron chi connectivity index (χ2n) is 3.78. The molecule has 3 rings (SSSR count). The molecular formula is C9H16O3. The number of fused-ring (bicyclic) bond motifs is 4. The van der Waals surface area contributed by atoms with Crippen LogP contribution < -0.4 is 0 Å². The van der Waals surface area contributed by atoms with Crippen molar-refractivity contribution in [1.82, 2.24) is 0 Å². The molecule has 3 fully saturated rings. The Morgan fingerprint density at radius 2 is 2.00 bits per heavy atom. The molecule has 4 atom stereocenters. The molecule has 0 saturated carbocycles. The lowest BCUT2D eigenvalue weighted by Crippen LogP contribution is -2.34. The quantitative estimate of drug-likeness (QED) is 0.591. The second kappa shape index (κ2) is 3.32. The lowest BCUT2D eigenvalue weighted by atomic mass is 9.91. The molecule has 3 nitrogen and oxygen atoms in total. The smallest absolute Gasteiger partial charge is 0.160 e. The van der Waals surface area contributed by atoms with Crippen molar-refractivity contribution in [3.8, 4) is 0 Å². The summed E-state index contributed by atoms with van der Waals surface area (Å²) in [5, 5.41) is 0. The lowest BCUT2D eigenvalue weighted by molar-refractivity contribution is -0.175. The largest absolute Gasteiger partial charge is 0.379 e. The molecule has 0 aromatic heterocycles. The summed E-state index contributed by atoms with van der Waals surface area (Å²) in [5.74, 6) is 1.05. The van der Waals surface area contributed by atoms with Gasteiger partial charge in [-0.15, -0.1) is 0 Å². The van der Waals surface area contributed by atoms with E-state index in [1.807, 2.05) is 0 Å². The molecule has 2 bridgehead atoms. The average molecular weight is 172 g/mol. The molecule has 0 aromatic rings. The normalized spacial score (nSPS) is 47.5. The van der Waals surface area contributed by atoms with Gasteiger partial charge in [-0.2, -0.15) is 0 Å². The van der Waals surface area contributed by atoms with Crippen molar-refractivity contribution < 1.29 is 14.2 Å². The Balaban J connectivity index is 2.08. The first-order valence-electron chi connectivity index (χ1n) is 4.57. The van der Waals surface area contributed by atoms with E-state index in [-0.39, 0.29) is 12.4 Å². The SMILES string of the molecule is COC1COC2OC[C@H]1CC2C. The zero-order valence-corrected chi connectivity index (χ0v) is 7.66. The fourth-order valence-corrected chi connectivity index (χ4v) is 2.10. The van der Waals surface area contributed by atoms with E-state index in [1.54, 1.807) is 7.11 Å². The summed E-state index contributed by atoms with van der Waals surface area (Å²) in [5.41, 5.74) is 0. The molecule has 3 heterocycles. The second-order valence-corrected chi connectivity index (χ2v) is 3.78. The Hall–Kier alpha value is -0.120. The van der Waals surface area contributed by atoms with Crippen LogP contribution in [-0.2, 0) is 14.2 Å². The lowest BCUT2D eigenvalue weighted by Gasteiger charge is -2.30. The maximum atomic E-state index is 5.56. The molecule has 0 aromatic carbocycles. The van der Waals surface area contributed by atoms with Crippen LogP contribution >= 0.6 is 0 Å². The maximum Gasteiger partial charge on any atom is 0.160 e. The molecule has 3 unspecified atom stereocenters. The van der Waals surface area contributed by atoms with Gasteiger partial charge in [0.15, 0.2) is 6.29 Å². The summed E-state index contributed by atoms with van der Waals surface area (Å²) in [6.45, 7) is 3.67. The van der Waals surface area contributed by atoms with E-state index in [0.29, 0.717) is 18.4 Å². The van der Waals surface area contributed by atoms with Crippen molar-refractivity contribution in [3.63, 3.8) is 0 Å². The van der Waals surface area contributed by atoms with Crippen LogP contribution in [0.1, 0.15) is 13.3 Å². The first-order valence-corrected chi connectivity index (χ1v) is 4.57. The summed E-state index contributed by atoms with van der Waals surface area (Å²) in [7, 11) is 1.75. The number of ether oxygens (including phenoxy) is 3. The Kier molecular flexibility index (Phi) is 2.35. The molecule has 0 amide bonds. The van der Waals surface area contributed by atoms with Crippen LogP contribution in [0, 0.1) is 11.8 Å². The first kappa shape index (κ1) is 8.48. The third-order valence-electron chi connectivity index (χ3n) is 2.87. The molecule has 0 spiro atoms. The van der Waals surface area contributed by atoms with E-state index in [2.05, 4.69) is 6.92 Å². The van der Waals surface area contributed by atoms with E-state index < -0.39 is 0 Å². The van der Waals surface area contributed by atoms with Gasteiger partial charge in [-0.3, -0.25) is 0 Å². The van der Waals surface area contributed by atoms with Crippen molar-refractivity contribution in [3.05, 3.63) is 0 Å². The van der Waals surface area contributed by atoms with Crippen molar-refractivity contribution in [1.29, 1.82) is 0 Å². The van der Waals surface area contributed by atoms with Gasteiger partial charge in [0, 0.05) is 18.9 Å². The van der Waals surface area contributed by atoms with Crippen LogP contribution in [0.15, 0.2) is 0 Å². The minimum Gasteiger partial charge on any atom is -0.379 e. The monoisotopic (exact) mass is 172 g/mol. The standard InChI is InChI=1S/C9H16O3/c1-6-3-7-4-11-9(6)12-5-8(7)10-2/h6-9H,3-5H2,1-2H3/t6?,7-,8?,9?/m1/s1. The van der Waals surface area contributed by atoms with Gasteiger partial charge >= 0.3 is 0 Å². The van der Waals surface area contributed by atoms with Gasteiger partial charge in [0.2, 0.25) is 0 Å². The van der Waals surface area contributed by atoms with E-state index in [9.17, 15) is 0 Å². The predicted octanol–water partition coefficient (Wildman–Crippen LogP) is 1.03. The zero-order chi connectivity index (χ0) is 8.55. The minimum absolute atomic E-state index is 0.0152. The van der Waals surface area contributed by atoms with Crippen LogP contribution in [0.3, 0.4) is 0 Å². The highest BCUT2D eigenvalue weighted by Gasteiger charge is 2.37. The minimum atomic E-state index is 0.0152. The molecule has 3 aliphatic heterocycles. The summed E-state index contributed by atoms with van der Waals surface area (Å²) in [6.07, 6.45) is 1.42. The van der Waals surface area contributed by atoms with E-state index in [4.69, 9.17) is 14.2 Å². The first-order chi connectivity index (χ1) is 5.81. The van der Waals surface area contributed by atoms with Crippen LogP contribution in [0.4, 0.5) is 0 Å². The van der Waals surface area contributed by atoms with Crippen LogP contribution in [0.25, 0.3) is 0 Å². The van der Waals surface area contributed by atoms with Crippen LogP contribution in [-0.4, -0.2) is 32.7 Å². The predicted molar refractivity (Wildman–Crippen MR) is 43.8 cm³/mol. The Morgan fingerprint density at radius 3 is 2.67 bits per heavy atom. The fraction of sp³-hybridized carbons (Fsp3) is 1.00. The molecule has 0 N–H and O–H groups in total. The topological polar surface area (TPSA) is 27.7 Å². The highest BCUT2D eigenvalue weighted by Crippen LogP contribution is 2.32. The Morgan fingerprint density at radius 1 is 1.25 bits per heavy atom. The zero-order valence-electron chi connectivity index (χ0n) is 7.66. The Bertz CT molecular complexity index is 160. The van der Waals surface area contributed by atoms with Crippen LogP contribution in [0.5, 0.6) is 0 Å². The molecule has 3 heteroatoms. The summed E-state index contributed by atoms with van der Waals surface area (Å²) < 4.78 is 16.5. The summed E-state index contributed by atoms with van der Waals surface area (Å²) >= 11 is 0. The van der Waals surface area contributed by atoms with Gasteiger partial charge < -0.3 is 14.2 Å². The fourth-order valence-electron chi connectivity index (χ4n) is 2.10. The third-order valence-corrected chi connectivity index (χ3v) is 2.87. The van der Waals surface area contributed by atoms with E-state index >= 15 is 0 Å². The van der Waals surface area contributed by atoms with Crippen LogP contribution in [0.2, 0.25) is 0 Å². The molecule has 3 aliphatic rings. The number of rotatable bonds is 1. The molecule has 3 saturated heterocycles. The van der Waals surface area contributed by atoms with Crippen molar-refractivity contribution in [2.24, 2.45) is 11.8 Å². The summed E-state index contributed by atoms with van der Waals surface area (Å²) in [6, 6.07) is 0. The number of methoxy groups -OCH3 is 1. The molecule has 0 radical (unpaired) electrons. The molecule has 70 valence electrons. The number of hydrogen-bond donors (Lipinski definition) is 0. The van der Waals surface area contributed by atoms with Gasteiger partial charge in [0.05, 0.1) is 19.3 Å². The van der Waals surface area contributed by atoms with Gasteiger partial charge in [-0.1, -0.05) is 6.92 Å². The van der Waals surface area contributed by atoms with Crippen molar-refractivity contribution in [2.75, 3.05) is 20.3 Å². The number of hydrogen-bond acceptors (Lipinski definition) is 3. The van der Waals surface area contributed by atoms with Gasteiger partial charge in [0.25, 0.3) is 0 Å². The van der Waals surface area contributed by atoms with E-state index in [1.165, 1.54) is 6.42 Å². The molecule has 12 heavy (non-hydrogen) atoms. The van der Waals surface area contributed by atoms with Crippen molar-refractivity contribution >= 4 is 0 Å². The highest BCUT2D eigenvalue weighted by atomic mass is 16.7. The van der Waals surface area contributed by atoms with Gasteiger partial charge in [0.1, 0.15) is 0 Å². The Labute approximate surface area is 73.0 Å². The third kappa shape index (κ3) is 1.37. The summed E-state index contributed by atoms with van der Waals surface area (Å²) in [4.78, 5) is 0. The van der Waals surface area contributed by atoms with E-state index in [0.717, 1.165) is 6.61 Å². The van der Waals surface area contributed by atoms with Gasteiger partial charge in [-0.25, -0.2) is 0 Å².